The highest BCUT2D eigenvalue weighted by molar-refractivity contribution is 4.71. The lowest BCUT2D eigenvalue weighted by molar-refractivity contribution is -0.186. The lowest BCUT2D eigenvalue weighted by Gasteiger charge is -1.85. The number of allylic oxidation sites excluding steroid dienone is 1. The maximum absolute atomic E-state index is 7.78. The molecule has 0 saturated carbocycles. The molecule has 0 spiro atoms. The summed E-state index contributed by atoms with van der Waals surface area (Å²) in [5.41, 5.74) is 0. The highest BCUT2D eigenvalue weighted by atomic mass is 17.1. The molecule has 2 heteroatoms. The molecule has 0 radical (unpaired) electrons. The van der Waals surface area contributed by atoms with Gasteiger partial charge in [-0.15, -0.1) is 0 Å². The van der Waals surface area contributed by atoms with E-state index in [2.05, 4.69) is 11.8 Å². The summed E-state index contributed by atoms with van der Waals surface area (Å²) >= 11 is 0. The Balaban J connectivity index is 2.80. The fraction of sp³-hybridized carbons (Fsp3) is 0.667. The van der Waals surface area contributed by atoms with E-state index >= 15 is 0 Å². The van der Waals surface area contributed by atoms with Gasteiger partial charge in [-0.25, -0.2) is 5.26 Å². The van der Waals surface area contributed by atoms with Crippen molar-refractivity contribution in [2.24, 2.45) is 0 Å². The molecule has 0 unspecified atom stereocenters. The molecule has 48 valence electrons. The van der Waals surface area contributed by atoms with E-state index in [4.69, 9.17) is 5.26 Å². The number of unbranched alkanes of at least 4 members (excludes halogenated alkanes) is 2. The summed E-state index contributed by atoms with van der Waals surface area (Å²) in [5, 5.41) is 7.78. The van der Waals surface area contributed by atoms with Gasteiger partial charge >= 0.3 is 0 Å². The van der Waals surface area contributed by atoms with Crippen molar-refractivity contribution in [1.82, 2.24) is 0 Å². The van der Waals surface area contributed by atoms with E-state index in [1.54, 1.807) is 6.08 Å². The van der Waals surface area contributed by atoms with Crippen LogP contribution in [-0.4, -0.2) is 5.26 Å². The molecule has 0 bridgehead atoms. The Morgan fingerprint density at radius 1 is 1.62 bits per heavy atom. The first-order chi connectivity index (χ1) is 3.91. The Morgan fingerprint density at radius 2 is 2.38 bits per heavy atom. The van der Waals surface area contributed by atoms with E-state index in [-0.39, 0.29) is 0 Å². The van der Waals surface area contributed by atoms with Crippen molar-refractivity contribution in [3.63, 3.8) is 0 Å². The van der Waals surface area contributed by atoms with Crippen LogP contribution in [0.5, 0.6) is 0 Å². The molecule has 0 aromatic rings. The Bertz CT molecular complexity index is 59.5. The van der Waals surface area contributed by atoms with Gasteiger partial charge in [0.05, 0.1) is 0 Å². The van der Waals surface area contributed by atoms with Crippen molar-refractivity contribution >= 4 is 0 Å². The zero-order valence-corrected chi connectivity index (χ0v) is 5.13. The fourth-order valence-corrected chi connectivity index (χ4v) is 0.433. The first-order valence-electron chi connectivity index (χ1n) is 2.87. The molecule has 0 heterocycles. The van der Waals surface area contributed by atoms with Crippen LogP contribution < -0.4 is 0 Å². The van der Waals surface area contributed by atoms with E-state index in [1.165, 1.54) is 12.7 Å². The smallest absolute Gasteiger partial charge is 0.125 e. The third kappa shape index (κ3) is 5.50. The van der Waals surface area contributed by atoms with Gasteiger partial charge in [0.2, 0.25) is 0 Å². The first kappa shape index (κ1) is 7.50. The van der Waals surface area contributed by atoms with Crippen LogP contribution in [-0.2, 0) is 4.89 Å². The largest absolute Gasteiger partial charge is 0.349 e. The van der Waals surface area contributed by atoms with Crippen LogP contribution in [0.25, 0.3) is 0 Å². The molecule has 0 aliphatic carbocycles. The Kier molecular flexibility index (Phi) is 6.09. The number of rotatable bonds is 4. The predicted octanol–water partition coefficient (Wildman–Crippen LogP) is 2.18. The molecule has 1 N–H and O–H groups in total. The average Bonchev–Trinajstić information content (AvgIpc) is 1.81. The molecule has 0 saturated heterocycles. The van der Waals surface area contributed by atoms with Gasteiger partial charge in [0.1, 0.15) is 6.26 Å². The van der Waals surface area contributed by atoms with Gasteiger partial charge in [-0.05, 0) is 18.9 Å². The van der Waals surface area contributed by atoms with E-state index in [0.717, 1.165) is 12.8 Å². The normalized spacial score (nSPS) is 10.2. The predicted molar refractivity (Wildman–Crippen MR) is 32.4 cm³/mol. The lowest BCUT2D eigenvalue weighted by Crippen LogP contribution is -1.68. The first-order valence-corrected chi connectivity index (χ1v) is 2.87. The molecule has 0 aliphatic heterocycles. The van der Waals surface area contributed by atoms with Crippen LogP contribution in [0.3, 0.4) is 0 Å². The summed E-state index contributed by atoms with van der Waals surface area (Å²) in [7, 11) is 0. The fourth-order valence-electron chi connectivity index (χ4n) is 0.433. The standard InChI is InChI=1S/C6H12O2/c1-2-3-4-5-6-8-7/h5-7H,2-4H2,1H3. The van der Waals surface area contributed by atoms with Crippen LogP contribution >= 0.6 is 0 Å². The molecule has 0 aromatic heterocycles. The van der Waals surface area contributed by atoms with Crippen molar-refractivity contribution < 1.29 is 10.1 Å². The van der Waals surface area contributed by atoms with Gasteiger partial charge in [0.25, 0.3) is 0 Å². The second-order valence-electron chi connectivity index (χ2n) is 1.62. The van der Waals surface area contributed by atoms with E-state index in [1.807, 2.05) is 0 Å². The Morgan fingerprint density at radius 3 is 2.88 bits per heavy atom. The van der Waals surface area contributed by atoms with Crippen molar-refractivity contribution in [1.29, 1.82) is 0 Å². The zero-order valence-electron chi connectivity index (χ0n) is 5.13. The van der Waals surface area contributed by atoms with Gasteiger partial charge < -0.3 is 4.89 Å². The molecule has 0 rings (SSSR count). The van der Waals surface area contributed by atoms with Gasteiger partial charge in [-0.2, -0.15) is 0 Å². The second-order valence-corrected chi connectivity index (χ2v) is 1.62. The molecule has 0 aromatic carbocycles. The van der Waals surface area contributed by atoms with E-state index < -0.39 is 0 Å². The van der Waals surface area contributed by atoms with Gasteiger partial charge in [0, 0.05) is 0 Å². The van der Waals surface area contributed by atoms with Gasteiger partial charge in [-0.1, -0.05) is 13.3 Å². The van der Waals surface area contributed by atoms with E-state index in [0.29, 0.717) is 0 Å². The molecule has 0 atom stereocenters. The van der Waals surface area contributed by atoms with Crippen molar-refractivity contribution in [2.45, 2.75) is 26.2 Å². The molecule has 0 fully saturated rings. The third-order valence-corrected chi connectivity index (χ3v) is 0.881. The van der Waals surface area contributed by atoms with Crippen molar-refractivity contribution in [3.05, 3.63) is 12.3 Å². The minimum atomic E-state index is 0.983. The maximum Gasteiger partial charge on any atom is 0.125 e. The monoisotopic (exact) mass is 116 g/mol. The average molecular weight is 116 g/mol. The minimum Gasteiger partial charge on any atom is -0.349 e. The van der Waals surface area contributed by atoms with Crippen molar-refractivity contribution in [2.75, 3.05) is 0 Å². The van der Waals surface area contributed by atoms with Gasteiger partial charge in [-0.3, -0.25) is 0 Å². The zero-order chi connectivity index (χ0) is 6.24. The summed E-state index contributed by atoms with van der Waals surface area (Å²) in [4.78, 5) is 3.71. The Hall–Kier alpha value is -0.500. The maximum atomic E-state index is 7.78. The number of hydrogen-bond acceptors (Lipinski definition) is 2. The van der Waals surface area contributed by atoms with E-state index in [9.17, 15) is 0 Å². The summed E-state index contributed by atoms with van der Waals surface area (Å²) in [5.74, 6) is 0. The molecular weight excluding hydrogens is 104 g/mol. The minimum absolute atomic E-state index is 0.983. The molecule has 0 amide bonds. The highest BCUT2D eigenvalue weighted by Gasteiger charge is 1.75. The summed E-state index contributed by atoms with van der Waals surface area (Å²) in [6.45, 7) is 2.12. The topological polar surface area (TPSA) is 29.5 Å². The third-order valence-electron chi connectivity index (χ3n) is 0.881. The van der Waals surface area contributed by atoms with Crippen LogP contribution in [0.15, 0.2) is 12.3 Å². The van der Waals surface area contributed by atoms with Gasteiger partial charge in [0.15, 0.2) is 0 Å². The summed E-state index contributed by atoms with van der Waals surface area (Å²) in [6.07, 6.45) is 6.39. The Labute approximate surface area is 49.7 Å². The van der Waals surface area contributed by atoms with Crippen LogP contribution in [0.1, 0.15) is 26.2 Å². The second kappa shape index (κ2) is 6.50. The molecular formula is C6H12O2. The summed E-state index contributed by atoms with van der Waals surface area (Å²) in [6, 6.07) is 0. The quantitative estimate of drug-likeness (QED) is 0.264. The van der Waals surface area contributed by atoms with Crippen LogP contribution in [0, 0.1) is 0 Å². The summed E-state index contributed by atoms with van der Waals surface area (Å²) < 4.78 is 0. The van der Waals surface area contributed by atoms with Crippen LogP contribution in [0.2, 0.25) is 0 Å². The number of hydrogen-bond donors (Lipinski definition) is 1. The van der Waals surface area contributed by atoms with Crippen LogP contribution in [0.4, 0.5) is 0 Å². The highest BCUT2D eigenvalue weighted by Crippen LogP contribution is 1.93. The molecule has 2 nitrogen and oxygen atoms in total. The van der Waals surface area contributed by atoms with Crippen molar-refractivity contribution in [3.8, 4) is 0 Å². The molecule has 8 heavy (non-hydrogen) atoms. The molecule has 0 aliphatic rings. The SMILES string of the molecule is CCCCC=COO. The lowest BCUT2D eigenvalue weighted by atomic mass is 10.2.